The Balaban J connectivity index is 1.71. The van der Waals surface area contributed by atoms with Crippen LogP contribution in [0.15, 0.2) is 24.3 Å². The molecule has 0 heterocycles. The molecule has 1 heteroatoms. The van der Waals surface area contributed by atoms with Gasteiger partial charge in [-0.05, 0) is 55.6 Å². The highest BCUT2D eigenvalue weighted by Gasteiger charge is 2.28. The Morgan fingerprint density at radius 3 is 2.38 bits per heavy atom. The average molecular weight is 218 g/mol. The van der Waals surface area contributed by atoms with Gasteiger partial charge in [-0.1, -0.05) is 31.2 Å². The fourth-order valence-electron chi connectivity index (χ4n) is 2.17. The molecular formula is C15H22O. The van der Waals surface area contributed by atoms with E-state index in [0.717, 1.165) is 25.7 Å². The third-order valence-electron chi connectivity index (χ3n) is 3.56. The van der Waals surface area contributed by atoms with Gasteiger partial charge in [0, 0.05) is 0 Å². The Labute approximate surface area is 98.5 Å². The molecule has 1 unspecified atom stereocenters. The van der Waals surface area contributed by atoms with Crippen molar-refractivity contribution in [2.24, 2.45) is 5.92 Å². The van der Waals surface area contributed by atoms with Crippen LogP contribution in [0.1, 0.15) is 43.7 Å². The molecule has 0 aromatic heterocycles. The van der Waals surface area contributed by atoms with Gasteiger partial charge in [-0.2, -0.15) is 0 Å². The highest BCUT2D eigenvalue weighted by Crippen LogP contribution is 2.34. The Hall–Kier alpha value is -0.820. The molecule has 1 nitrogen and oxygen atoms in total. The topological polar surface area (TPSA) is 20.2 Å². The van der Waals surface area contributed by atoms with E-state index >= 15 is 0 Å². The lowest BCUT2D eigenvalue weighted by molar-refractivity contribution is 0.139. The minimum atomic E-state index is -0.0325. The van der Waals surface area contributed by atoms with Crippen LogP contribution in [0.4, 0.5) is 0 Å². The summed E-state index contributed by atoms with van der Waals surface area (Å²) in [5, 5.41) is 9.75. The first-order valence-corrected chi connectivity index (χ1v) is 6.55. The van der Waals surface area contributed by atoms with Crippen LogP contribution in [0, 0.1) is 5.92 Å². The molecule has 0 spiro atoms. The van der Waals surface area contributed by atoms with E-state index in [9.17, 15) is 5.11 Å². The smallest absolute Gasteiger partial charge is 0.0568 e. The van der Waals surface area contributed by atoms with E-state index in [-0.39, 0.29) is 6.10 Å². The molecular weight excluding hydrogens is 196 g/mol. The molecule has 1 atom stereocenters. The average Bonchev–Trinajstić information content (AvgIpc) is 3.14. The quantitative estimate of drug-likeness (QED) is 0.776. The maximum Gasteiger partial charge on any atom is 0.0568 e. The maximum absolute atomic E-state index is 9.75. The van der Waals surface area contributed by atoms with Gasteiger partial charge in [0.25, 0.3) is 0 Å². The van der Waals surface area contributed by atoms with Crippen LogP contribution < -0.4 is 0 Å². The highest BCUT2D eigenvalue weighted by atomic mass is 16.3. The first-order valence-electron chi connectivity index (χ1n) is 6.55. The standard InChI is InChI=1S/C15H22O/c1-2-12-6-8-13(9-7-12)4-3-5-15(16)14-10-11-14/h6-9,14-16H,2-5,10-11H2,1H3. The molecule has 1 saturated carbocycles. The normalized spacial score (nSPS) is 17.4. The second kappa shape index (κ2) is 5.49. The minimum Gasteiger partial charge on any atom is -0.393 e. The molecule has 1 aromatic carbocycles. The van der Waals surface area contributed by atoms with E-state index in [1.807, 2.05) is 0 Å². The van der Waals surface area contributed by atoms with Crippen LogP contribution in [0.25, 0.3) is 0 Å². The molecule has 0 bridgehead atoms. The largest absolute Gasteiger partial charge is 0.393 e. The summed E-state index contributed by atoms with van der Waals surface area (Å²) in [6, 6.07) is 8.88. The van der Waals surface area contributed by atoms with Crippen LogP contribution in [0.3, 0.4) is 0 Å². The monoisotopic (exact) mass is 218 g/mol. The molecule has 1 aromatic rings. The van der Waals surface area contributed by atoms with Crippen LogP contribution in [-0.2, 0) is 12.8 Å². The van der Waals surface area contributed by atoms with Crippen molar-refractivity contribution < 1.29 is 5.11 Å². The van der Waals surface area contributed by atoms with E-state index in [0.29, 0.717) is 5.92 Å². The Bertz CT molecular complexity index is 311. The number of benzene rings is 1. The summed E-state index contributed by atoms with van der Waals surface area (Å²) >= 11 is 0. The lowest BCUT2D eigenvalue weighted by atomic mass is 10.0. The van der Waals surface area contributed by atoms with Crippen molar-refractivity contribution in [3.05, 3.63) is 35.4 Å². The summed E-state index contributed by atoms with van der Waals surface area (Å²) in [6.45, 7) is 2.18. The fraction of sp³-hybridized carbons (Fsp3) is 0.600. The van der Waals surface area contributed by atoms with Crippen molar-refractivity contribution in [3.63, 3.8) is 0 Å². The zero-order valence-corrected chi connectivity index (χ0v) is 10.2. The van der Waals surface area contributed by atoms with Crippen molar-refractivity contribution >= 4 is 0 Å². The van der Waals surface area contributed by atoms with Crippen molar-refractivity contribution in [2.75, 3.05) is 0 Å². The Morgan fingerprint density at radius 2 is 1.81 bits per heavy atom. The summed E-state index contributed by atoms with van der Waals surface area (Å²) < 4.78 is 0. The summed E-state index contributed by atoms with van der Waals surface area (Å²) in [7, 11) is 0. The van der Waals surface area contributed by atoms with Crippen molar-refractivity contribution in [1.82, 2.24) is 0 Å². The van der Waals surface area contributed by atoms with E-state index in [1.54, 1.807) is 0 Å². The third-order valence-corrected chi connectivity index (χ3v) is 3.56. The van der Waals surface area contributed by atoms with Crippen LogP contribution >= 0.6 is 0 Å². The molecule has 0 amide bonds. The highest BCUT2D eigenvalue weighted by molar-refractivity contribution is 5.22. The van der Waals surface area contributed by atoms with E-state index in [2.05, 4.69) is 31.2 Å². The second-order valence-corrected chi connectivity index (χ2v) is 4.97. The maximum atomic E-state index is 9.75. The van der Waals surface area contributed by atoms with Gasteiger partial charge in [-0.15, -0.1) is 0 Å². The number of hydrogen-bond acceptors (Lipinski definition) is 1. The van der Waals surface area contributed by atoms with Crippen molar-refractivity contribution in [3.8, 4) is 0 Å². The lowest BCUT2D eigenvalue weighted by Crippen LogP contribution is -2.08. The van der Waals surface area contributed by atoms with Gasteiger partial charge in [0.05, 0.1) is 6.10 Å². The van der Waals surface area contributed by atoms with Crippen LogP contribution in [-0.4, -0.2) is 11.2 Å². The number of aliphatic hydroxyl groups is 1. The summed E-state index contributed by atoms with van der Waals surface area (Å²) in [5.74, 6) is 0.627. The molecule has 1 aliphatic rings. The van der Waals surface area contributed by atoms with Crippen LogP contribution in [0.2, 0.25) is 0 Å². The van der Waals surface area contributed by atoms with Crippen molar-refractivity contribution in [2.45, 2.75) is 51.6 Å². The number of rotatable bonds is 6. The molecule has 2 rings (SSSR count). The number of hydrogen-bond donors (Lipinski definition) is 1. The van der Waals surface area contributed by atoms with Gasteiger partial charge < -0.3 is 5.11 Å². The summed E-state index contributed by atoms with van der Waals surface area (Å²) in [5.41, 5.74) is 2.81. The molecule has 0 aliphatic heterocycles. The molecule has 1 N–H and O–H groups in total. The molecule has 0 radical (unpaired) electrons. The summed E-state index contributed by atoms with van der Waals surface area (Å²) in [4.78, 5) is 0. The van der Waals surface area contributed by atoms with Gasteiger partial charge in [-0.3, -0.25) is 0 Å². The fourth-order valence-corrected chi connectivity index (χ4v) is 2.17. The van der Waals surface area contributed by atoms with Crippen LogP contribution in [0.5, 0.6) is 0 Å². The number of aliphatic hydroxyl groups excluding tert-OH is 1. The van der Waals surface area contributed by atoms with E-state index in [1.165, 1.54) is 24.0 Å². The van der Waals surface area contributed by atoms with E-state index < -0.39 is 0 Å². The van der Waals surface area contributed by atoms with E-state index in [4.69, 9.17) is 0 Å². The molecule has 1 fully saturated rings. The Kier molecular flexibility index (Phi) is 4.00. The SMILES string of the molecule is CCc1ccc(CCCC(O)C2CC2)cc1. The first-order chi connectivity index (χ1) is 7.79. The molecule has 88 valence electrons. The minimum absolute atomic E-state index is 0.0325. The van der Waals surface area contributed by atoms with Gasteiger partial charge in [0.1, 0.15) is 0 Å². The number of aryl methyl sites for hydroxylation is 2. The zero-order chi connectivity index (χ0) is 11.4. The van der Waals surface area contributed by atoms with Gasteiger partial charge in [0.15, 0.2) is 0 Å². The predicted molar refractivity (Wildman–Crippen MR) is 67.5 cm³/mol. The van der Waals surface area contributed by atoms with Gasteiger partial charge >= 0.3 is 0 Å². The van der Waals surface area contributed by atoms with Gasteiger partial charge in [-0.25, -0.2) is 0 Å². The zero-order valence-electron chi connectivity index (χ0n) is 10.2. The molecule has 16 heavy (non-hydrogen) atoms. The molecule has 0 saturated heterocycles. The predicted octanol–water partition coefficient (Wildman–Crippen LogP) is 3.34. The summed E-state index contributed by atoms with van der Waals surface area (Å²) in [6.07, 6.45) is 6.76. The Morgan fingerprint density at radius 1 is 1.19 bits per heavy atom. The lowest BCUT2D eigenvalue weighted by Gasteiger charge is -2.08. The first kappa shape index (κ1) is 11.7. The molecule has 1 aliphatic carbocycles. The van der Waals surface area contributed by atoms with Crippen molar-refractivity contribution in [1.29, 1.82) is 0 Å². The second-order valence-electron chi connectivity index (χ2n) is 4.97. The van der Waals surface area contributed by atoms with Gasteiger partial charge in [0.2, 0.25) is 0 Å². The third kappa shape index (κ3) is 3.34.